The molecule has 0 bridgehead atoms. The SMILES string of the molecule is CC1(CO)CCN(CC(=O)Nc2nc3c(s2)CCC3)CC1. The molecule has 0 radical (unpaired) electrons. The summed E-state index contributed by atoms with van der Waals surface area (Å²) < 4.78 is 0. The minimum absolute atomic E-state index is 0.0232. The Morgan fingerprint density at radius 1 is 1.43 bits per heavy atom. The topological polar surface area (TPSA) is 65.5 Å². The van der Waals surface area contributed by atoms with Crippen LogP contribution in [0, 0.1) is 5.41 Å². The number of fused-ring (bicyclic) bond motifs is 1. The van der Waals surface area contributed by atoms with Gasteiger partial charge in [0.05, 0.1) is 12.2 Å². The number of nitrogens with one attached hydrogen (secondary N) is 1. The van der Waals surface area contributed by atoms with Crippen molar-refractivity contribution in [1.82, 2.24) is 9.88 Å². The number of likely N-dealkylation sites (tertiary alicyclic amines) is 1. The molecule has 2 heterocycles. The number of thiazole rings is 1. The number of carbonyl (C=O) groups excluding carboxylic acids is 1. The number of piperidine rings is 1. The fraction of sp³-hybridized carbons (Fsp3) is 0.733. The molecule has 0 saturated carbocycles. The van der Waals surface area contributed by atoms with Crippen molar-refractivity contribution in [2.45, 2.75) is 39.0 Å². The van der Waals surface area contributed by atoms with E-state index in [1.54, 1.807) is 11.3 Å². The normalized spacial score (nSPS) is 21.2. The molecule has 0 spiro atoms. The van der Waals surface area contributed by atoms with E-state index in [1.807, 2.05) is 0 Å². The van der Waals surface area contributed by atoms with Crippen molar-refractivity contribution in [3.8, 4) is 0 Å². The lowest BCUT2D eigenvalue weighted by Gasteiger charge is -2.37. The minimum atomic E-state index is 0.0232. The van der Waals surface area contributed by atoms with Crippen LogP contribution in [0.15, 0.2) is 0 Å². The highest BCUT2D eigenvalue weighted by Gasteiger charge is 2.30. The first-order valence-corrected chi connectivity index (χ1v) is 8.51. The van der Waals surface area contributed by atoms with Crippen molar-refractivity contribution >= 4 is 22.4 Å². The standard InChI is InChI=1S/C15H23N3O2S/c1-15(10-19)5-7-18(8-6-15)9-13(20)17-14-16-11-3-2-4-12(11)21-14/h19H,2-10H2,1H3,(H,16,17,20). The number of amides is 1. The summed E-state index contributed by atoms with van der Waals surface area (Å²) in [6, 6.07) is 0. The molecule has 0 unspecified atom stereocenters. The second-order valence-corrected chi connectivity index (χ2v) is 7.62. The van der Waals surface area contributed by atoms with E-state index < -0.39 is 0 Å². The van der Waals surface area contributed by atoms with Crippen LogP contribution in [0.2, 0.25) is 0 Å². The van der Waals surface area contributed by atoms with Gasteiger partial charge in [0, 0.05) is 11.5 Å². The van der Waals surface area contributed by atoms with Crippen molar-refractivity contribution in [3.63, 3.8) is 0 Å². The van der Waals surface area contributed by atoms with Gasteiger partial charge in [-0.2, -0.15) is 0 Å². The van der Waals surface area contributed by atoms with Gasteiger partial charge in [-0.1, -0.05) is 6.92 Å². The van der Waals surface area contributed by atoms with E-state index in [1.165, 1.54) is 17.0 Å². The summed E-state index contributed by atoms with van der Waals surface area (Å²) in [6.07, 6.45) is 5.24. The molecule has 2 aliphatic rings. The highest BCUT2D eigenvalue weighted by atomic mass is 32.1. The van der Waals surface area contributed by atoms with E-state index in [9.17, 15) is 9.90 Å². The maximum absolute atomic E-state index is 12.1. The number of aliphatic hydroxyl groups is 1. The van der Waals surface area contributed by atoms with Crippen molar-refractivity contribution < 1.29 is 9.90 Å². The van der Waals surface area contributed by atoms with Gasteiger partial charge in [0.25, 0.3) is 0 Å². The molecule has 3 rings (SSSR count). The molecule has 1 aromatic rings. The first kappa shape index (κ1) is 14.9. The number of anilines is 1. The Kier molecular flexibility index (Phi) is 4.28. The van der Waals surface area contributed by atoms with Crippen LogP contribution >= 0.6 is 11.3 Å². The maximum Gasteiger partial charge on any atom is 0.240 e. The van der Waals surface area contributed by atoms with Gasteiger partial charge in [-0.3, -0.25) is 9.69 Å². The lowest BCUT2D eigenvalue weighted by Crippen LogP contribution is -2.43. The van der Waals surface area contributed by atoms with Crippen LogP contribution in [-0.4, -0.2) is 47.1 Å². The Balaban J connectivity index is 1.48. The van der Waals surface area contributed by atoms with Gasteiger partial charge in [0.2, 0.25) is 5.91 Å². The summed E-state index contributed by atoms with van der Waals surface area (Å²) in [4.78, 5) is 20.1. The molecule has 116 valence electrons. The van der Waals surface area contributed by atoms with Gasteiger partial charge in [-0.05, 0) is 50.6 Å². The minimum Gasteiger partial charge on any atom is -0.396 e. The molecule has 2 N–H and O–H groups in total. The van der Waals surface area contributed by atoms with E-state index in [4.69, 9.17) is 0 Å². The first-order chi connectivity index (χ1) is 10.1. The van der Waals surface area contributed by atoms with Crippen LogP contribution < -0.4 is 5.32 Å². The van der Waals surface area contributed by atoms with Crippen LogP contribution in [0.5, 0.6) is 0 Å². The summed E-state index contributed by atoms with van der Waals surface area (Å²) in [7, 11) is 0. The molecular formula is C15H23N3O2S. The number of aromatic nitrogens is 1. The molecule has 5 nitrogen and oxygen atoms in total. The molecule has 1 aliphatic heterocycles. The fourth-order valence-corrected chi connectivity index (χ4v) is 4.08. The van der Waals surface area contributed by atoms with Gasteiger partial charge in [-0.25, -0.2) is 4.98 Å². The van der Waals surface area contributed by atoms with Crippen molar-refractivity contribution in [1.29, 1.82) is 0 Å². The average Bonchev–Trinajstić information content (AvgIpc) is 3.02. The molecule has 1 fully saturated rings. The second kappa shape index (κ2) is 6.02. The summed E-state index contributed by atoms with van der Waals surface area (Å²) in [5.74, 6) is 0.0232. The number of carbonyl (C=O) groups is 1. The Bertz CT molecular complexity index is 499. The molecule has 1 saturated heterocycles. The second-order valence-electron chi connectivity index (χ2n) is 6.54. The van der Waals surface area contributed by atoms with Crippen LogP contribution in [0.4, 0.5) is 5.13 Å². The Hall–Kier alpha value is -0.980. The van der Waals surface area contributed by atoms with E-state index in [2.05, 4.69) is 22.1 Å². The van der Waals surface area contributed by atoms with Gasteiger partial charge < -0.3 is 10.4 Å². The van der Waals surface area contributed by atoms with E-state index in [-0.39, 0.29) is 17.9 Å². The zero-order valence-electron chi connectivity index (χ0n) is 12.5. The van der Waals surface area contributed by atoms with E-state index in [0.717, 1.165) is 43.9 Å². The molecule has 6 heteroatoms. The van der Waals surface area contributed by atoms with Gasteiger partial charge in [-0.15, -0.1) is 11.3 Å². The van der Waals surface area contributed by atoms with Crippen LogP contribution in [0.25, 0.3) is 0 Å². The predicted octanol–water partition coefficient (Wildman–Crippen LogP) is 1.66. The summed E-state index contributed by atoms with van der Waals surface area (Å²) in [6.45, 7) is 4.52. The third-order valence-electron chi connectivity index (χ3n) is 4.65. The Labute approximate surface area is 129 Å². The number of hydrogen-bond donors (Lipinski definition) is 2. The number of rotatable bonds is 4. The van der Waals surface area contributed by atoms with Crippen LogP contribution in [-0.2, 0) is 17.6 Å². The Morgan fingerprint density at radius 2 is 2.19 bits per heavy atom. The van der Waals surface area contributed by atoms with Gasteiger partial charge >= 0.3 is 0 Å². The summed E-state index contributed by atoms with van der Waals surface area (Å²) in [5, 5.41) is 13.0. The molecule has 1 amide bonds. The molecule has 0 atom stereocenters. The number of aliphatic hydroxyl groups excluding tert-OH is 1. The first-order valence-electron chi connectivity index (χ1n) is 7.70. The van der Waals surface area contributed by atoms with Crippen LogP contribution in [0.1, 0.15) is 36.8 Å². The lowest BCUT2D eigenvalue weighted by atomic mass is 9.81. The zero-order chi connectivity index (χ0) is 14.9. The zero-order valence-corrected chi connectivity index (χ0v) is 13.3. The Morgan fingerprint density at radius 3 is 2.86 bits per heavy atom. The highest BCUT2D eigenvalue weighted by Crippen LogP contribution is 2.31. The van der Waals surface area contributed by atoms with Crippen molar-refractivity contribution in [2.75, 3.05) is 31.6 Å². The van der Waals surface area contributed by atoms with Gasteiger partial charge in [0.1, 0.15) is 0 Å². The highest BCUT2D eigenvalue weighted by molar-refractivity contribution is 7.15. The molecule has 1 aromatic heterocycles. The van der Waals surface area contributed by atoms with E-state index in [0.29, 0.717) is 6.54 Å². The van der Waals surface area contributed by atoms with Crippen molar-refractivity contribution in [2.24, 2.45) is 5.41 Å². The molecule has 0 aromatic carbocycles. The number of hydrogen-bond acceptors (Lipinski definition) is 5. The lowest BCUT2D eigenvalue weighted by molar-refractivity contribution is -0.118. The summed E-state index contributed by atoms with van der Waals surface area (Å²) in [5.41, 5.74) is 1.20. The molecule has 21 heavy (non-hydrogen) atoms. The summed E-state index contributed by atoms with van der Waals surface area (Å²) >= 11 is 1.62. The van der Waals surface area contributed by atoms with Gasteiger partial charge in [0.15, 0.2) is 5.13 Å². The third kappa shape index (κ3) is 3.44. The molecule has 1 aliphatic carbocycles. The molecular weight excluding hydrogens is 286 g/mol. The monoisotopic (exact) mass is 309 g/mol. The smallest absolute Gasteiger partial charge is 0.240 e. The average molecular weight is 309 g/mol. The maximum atomic E-state index is 12.1. The number of aryl methyl sites for hydroxylation is 2. The van der Waals surface area contributed by atoms with Crippen molar-refractivity contribution in [3.05, 3.63) is 10.6 Å². The predicted molar refractivity (Wildman–Crippen MR) is 83.6 cm³/mol. The van der Waals surface area contributed by atoms with E-state index >= 15 is 0 Å². The number of nitrogens with zero attached hydrogens (tertiary/aromatic N) is 2. The quantitative estimate of drug-likeness (QED) is 0.888. The van der Waals surface area contributed by atoms with Crippen LogP contribution in [0.3, 0.4) is 0 Å². The fourth-order valence-electron chi connectivity index (χ4n) is 3.01. The largest absolute Gasteiger partial charge is 0.396 e. The third-order valence-corrected chi connectivity index (χ3v) is 5.73.